The number of nitrogens with zero attached hydrogens (tertiary/aromatic N) is 4. The molecule has 0 aliphatic heterocycles. The molecule has 1 amide bonds. The van der Waals surface area contributed by atoms with Gasteiger partial charge in [0.2, 0.25) is 11.8 Å². The highest BCUT2D eigenvalue weighted by Gasteiger charge is 2.13. The zero-order chi connectivity index (χ0) is 16.4. The van der Waals surface area contributed by atoms with E-state index in [1.54, 1.807) is 10.6 Å². The molecule has 4 aromatic rings. The molecule has 0 aliphatic carbocycles. The van der Waals surface area contributed by atoms with E-state index in [1.165, 1.54) is 0 Å². The molecule has 0 atom stereocenters. The number of carbonyl (C=O) groups is 1. The number of pyridine rings is 1. The minimum atomic E-state index is -0.293. The predicted molar refractivity (Wildman–Crippen MR) is 86.1 cm³/mol. The summed E-state index contributed by atoms with van der Waals surface area (Å²) in [6, 6.07) is 15.0. The Morgan fingerprint density at radius 1 is 1.08 bits per heavy atom. The molecule has 3 aromatic heterocycles. The third-order valence-electron chi connectivity index (χ3n) is 3.48. The molecule has 0 aliphatic rings. The smallest absolute Gasteiger partial charge is 0.271 e. The Kier molecular flexibility index (Phi) is 3.51. The largest absolute Gasteiger partial charge is 0.419 e. The van der Waals surface area contributed by atoms with Crippen molar-refractivity contribution in [3.05, 3.63) is 72.5 Å². The summed E-state index contributed by atoms with van der Waals surface area (Å²) < 4.78 is 7.34. The summed E-state index contributed by atoms with van der Waals surface area (Å²) in [6.45, 7) is 0.145. The zero-order valence-electron chi connectivity index (χ0n) is 12.6. The van der Waals surface area contributed by atoms with Crippen molar-refractivity contribution in [2.24, 2.45) is 0 Å². The van der Waals surface area contributed by atoms with Crippen LogP contribution in [0.1, 0.15) is 16.4 Å². The Morgan fingerprint density at radius 3 is 2.75 bits per heavy atom. The standard InChI is InChI=1S/C17H13N5O2/c23-16(13-11-22-9-5-4-8-14(22)19-13)18-10-15-20-21-17(24-15)12-6-2-1-3-7-12/h1-9,11H,10H2,(H,18,23). The van der Waals surface area contributed by atoms with Gasteiger partial charge in [0.25, 0.3) is 5.91 Å². The number of aromatic nitrogens is 4. The zero-order valence-corrected chi connectivity index (χ0v) is 12.6. The Hall–Kier alpha value is -3.48. The first-order valence-corrected chi connectivity index (χ1v) is 7.39. The van der Waals surface area contributed by atoms with Crippen molar-refractivity contribution in [1.82, 2.24) is 24.9 Å². The van der Waals surface area contributed by atoms with Gasteiger partial charge in [0.05, 0.1) is 6.54 Å². The molecule has 7 nitrogen and oxygen atoms in total. The van der Waals surface area contributed by atoms with Crippen LogP contribution in [0.3, 0.4) is 0 Å². The minimum absolute atomic E-state index is 0.145. The predicted octanol–water partition coefficient (Wildman–Crippen LogP) is 2.31. The summed E-state index contributed by atoms with van der Waals surface area (Å²) in [6.07, 6.45) is 3.51. The number of carbonyl (C=O) groups excluding carboxylic acids is 1. The number of nitrogens with one attached hydrogen (secondary N) is 1. The quantitative estimate of drug-likeness (QED) is 0.624. The summed E-state index contributed by atoms with van der Waals surface area (Å²) in [5, 5.41) is 10.7. The van der Waals surface area contributed by atoms with Gasteiger partial charge in [-0.15, -0.1) is 10.2 Å². The lowest BCUT2D eigenvalue weighted by atomic mass is 10.2. The lowest BCUT2D eigenvalue weighted by Crippen LogP contribution is -2.23. The molecule has 3 heterocycles. The molecule has 0 bridgehead atoms. The second-order valence-corrected chi connectivity index (χ2v) is 5.14. The van der Waals surface area contributed by atoms with Crippen LogP contribution in [-0.4, -0.2) is 25.5 Å². The van der Waals surface area contributed by atoms with Crippen molar-refractivity contribution in [3.8, 4) is 11.5 Å². The maximum absolute atomic E-state index is 12.2. The number of fused-ring (bicyclic) bond motifs is 1. The molecule has 1 aromatic carbocycles. The van der Waals surface area contributed by atoms with E-state index in [0.717, 1.165) is 5.56 Å². The third kappa shape index (κ3) is 2.74. The van der Waals surface area contributed by atoms with Crippen molar-refractivity contribution < 1.29 is 9.21 Å². The second-order valence-electron chi connectivity index (χ2n) is 5.14. The van der Waals surface area contributed by atoms with Crippen molar-refractivity contribution in [2.45, 2.75) is 6.54 Å². The number of imidazole rings is 1. The molecule has 0 spiro atoms. The summed E-state index contributed by atoms with van der Waals surface area (Å²) >= 11 is 0. The Labute approximate surface area is 137 Å². The summed E-state index contributed by atoms with van der Waals surface area (Å²) in [5.41, 5.74) is 1.89. The van der Waals surface area contributed by atoms with Crippen LogP contribution in [-0.2, 0) is 6.54 Å². The third-order valence-corrected chi connectivity index (χ3v) is 3.48. The van der Waals surface area contributed by atoms with E-state index in [1.807, 2.05) is 54.7 Å². The average molecular weight is 319 g/mol. The van der Waals surface area contributed by atoms with Crippen molar-refractivity contribution in [3.63, 3.8) is 0 Å². The first-order valence-electron chi connectivity index (χ1n) is 7.39. The molecular weight excluding hydrogens is 306 g/mol. The molecule has 24 heavy (non-hydrogen) atoms. The lowest BCUT2D eigenvalue weighted by molar-refractivity contribution is 0.0943. The molecule has 0 fully saturated rings. The average Bonchev–Trinajstić information content (AvgIpc) is 3.27. The number of amides is 1. The summed E-state index contributed by atoms with van der Waals surface area (Å²) in [7, 11) is 0. The highest BCUT2D eigenvalue weighted by atomic mass is 16.4. The fourth-order valence-electron chi connectivity index (χ4n) is 2.31. The Bertz CT molecular complexity index is 957. The van der Waals surface area contributed by atoms with E-state index in [0.29, 0.717) is 23.1 Å². The van der Waals surface area contributed by atoms with Gasteiger partial charge in [-0.25, -0.2) is 4.98 Å². The van der Waals surface area contributed by atoms with E-state index < -0.39 is 0 Å². The van der Waals surface area contributed by atoms with Crippen LogP contribution in [0.4, 0.5) is 0 Å². The number of hydrogen-bond acceptors (Lipinski definition) is 5. The van der Waals surface area contributed by atoms with Crippen LogP contribution in [0.2, 0.25) is 0 Å². The van der Waals surface area contributed by atoms with E-state index in [4.69, 9.17) is 4.42 Å². The summed E-state index contributed by atoms with van der Waals surface area (Å²) in [5.74, 6) is 0.469. The van der Waals surface area contributed by atoms with Crippen LogP contribution in [0.5, 0.6) is 0 Å². The number of hydrogen-bond donors (Lipinski definition) is 1. The first kappa shape index (κ1) is 14.1. The van der Waals surface area contributed by atoms with Crippen molar-refractivity contribution >= 4 is 11.6 Å². The summed E-state index contributed by atoms with van der Waals surface area (Å²) in [4.78, 5) is 16.4. The van der Waals surface area contributed by atoms with Gasteiger partial charge in [-0.1, -0.05) is 24.3 Å². The fourth-order valence-corrected chi connectivity index (χ4v) is 2.31. The van der Waals surface area contributed by atoms with Crippen LogP contribution in [0, 0.1) is 0 Å². The van der Waals surface area contributed by atoms with Gasteiger partial charge in [-0.05, 0) is 24.3 Å². The highest BCUT2D eigenvalue weighted by Crippen LogP contribution is 2.16. The van der Waals surface area contributed by atoms with Crippen molar-refractivity contribution in [2.75, 3.05) is 0 Å². The maximum atomic E-state index is 12.2. The van der Waals surface area contributed by atoms with E-state index in [9.17, 15) is 4.79 Å². The highest BCUT2D eigenvalue weighted by molar-refractivity contribution is 5.92. The molecule has 1 N–H and O–H groups in total. The molecule has 0 unspecified atom stereocenters. The molecule has 0 saturated carbocycles. The van der Waals surface area contributed by atoms with Gasteiger partial charge in [0, 0.05) is 18.0 Å². The van der Waals surface area contributed by atoms with Crippen molar-refractivity contribution in [1.29, 1.82) is 0 Å². The number of benzene rings is 1. The topological polar surface area (TPSA) is 85.3 Å². The SMILES string of the molecule is O=C(NCc1nnc(-c2ccccc2)o1)c1cn2ccccc2n1. The van der Waals surface area contributed by atoms with E-state index >= 15 is 0 Å². The fraction of sp³-hybridized carbons (Fsp3) is 0.0588. The van der Waals surface area contributed by atoms with Gasteiger partial charge >= 0.3 is 0 Å². The van der Waals surface area contributed by atoms with E-state index in [-0.39, 0.29) is 12.5 Å². The van der Waals surface area contributed by atoms with Gasteiger partial charge < -0.3 is 14.1 Å². The monoisotopic (exact) mass is 319 g/mol. The lowest BCUT2D eigenvalue weighted by Gasteiger charge is -1.98. The second kappa shape index (κ2) is 5.96. The molecule has 118 valence electrons. The minimum Gasteiger partial charge on any atom is -0.419 e. The van der Waals surface area contributed by atoms with Crippen LogP contribution >= 0.6 is 0 Å². The van der Waals surface area contributed by atoms with E-state index in [2.05, 4.69) is 20.5 Å². The molecule has 7 heteroatoms. The van der Waals surface area contributed by atoms with Crippen LogP contribution < -0.4 is 5.32 Å². The molecule has 0 radical (unpaired) electrons. The Morgan fingerprint density at radius 2 is 1.92 bits per heavy atom. The van der Waals surface area contributed by atoms with Crippen LogP contribution in [0.15, 0.2) is 65.3 Å². The van der Waals surface area contributed by atoms with Gasteiger partial charge in [-0.3, -0.25) is 4.79 Å². The van der Waals surface area contributed by atoms with Crippen LogP contribution in [0.25, 0.3) is 17.1 Å². The Balaban J connectivity index is 1.45. The van der Waals surface area contributed by atoms with Gasteiger partial charge in [-0.2, -0.15) is 0 Å². The van der Waals surface area contributed by atoms with Gasteiger partial charge in [0.15, 0.2) is 0 Å². The number of rotatable bonds is 4. The normalized spacial score (nSPS) is 10.8. The maximum Gasteiger partial charge on any atom is 0.271 e. The van der Waals surface area contributed by atoms with Gasteiger partial charge in [0.1, 0.15) is 11.3 Å². The first-order chi connectivity index (χ1) is 11.8. The molecule has 4 rings (SSSR count). The molecule has 0 saturated heterocycles. The molecular formula is C17H13N5O2.